The van der Waals surface area contributed by atoms with Gasteiger partial charge in [-0.05, 0) is 36.1 Å². The van der Waals surface area contributed by atoms with Crippen LogP contribution >= 0.6 is 0 Å². The highest BCUT2D eigenvalue weighted by Gasteiger charge is 2.25. The van der Waals surface area contributed by atoms with Crippen molar-refractivity contribution < 1.29 is 33.3 Å². The molecule has 0 amide bonds. The second-order valence-corrected chi connectivity index (χ2v) is 7.55. The van der Waals surface area contributed by atoms with Crippen LogP contribution in [0.3, 0.4) is 0 Å². The van der Waals surface area contributed by atoms with E-state index in [0.717, 1.165) is 28.7 Å². The van der Waals surface area contributed by atoms with Crippen molar-refractivity contribution in [3.05, 3.63) is 41.5 Å². The Labute approximate surface area is 181 Å². The van der Waals surface area contributed by atoms with Crippen molar-refractivity contribution in [2.24, 2.45) is 5.92 Å². The molecule has 2 aromatic carbocycles. The summed E-state index contributed by atoms with van der Waals surface area (Å²) < 4.78 is 27.6. The molecule has 1 saturated heterocycles. The number of hydrogen-bond acceptors (Lipinski definition) is 7. The van der Waals surface area contributed by atoms with Crippen LogP contribution in [0.2, 0.25) is 0 Å². The fourth-order valence-corrected chi connectivity index (χ4v) is 4.02. The number of ether oxygens (including phenoxy) is 5. The predicted molar refractivity (Wildman–Crippen MR) is 113 cm³/mol. The van der Waals surface area contributed by atoms with Crippen LogP contribution in [0, 0.1) is 5.92 Å². The van der Waals surface area contributed by atoms with Gasteiger partial charge in [0.05, 0.1) is 26.7 Å². The smallest absolute Gasteiger partial charge is 0.311 e. The van der Waals surface area contributed by atoms with Crippen molar-refractivity contribution in [1.82, 2.24) is 0 Å². The number of carbonyl (C=O) groups excluding carboxylic acids is 2. The van der Waals surface area contributed by atoms with Gasteiger partial charge in [0.25, 0.3) is 0 Å². The van der Waals surface area contributed by atoms with E-state index >= 15 is 0 Å². The lowest BCUT2D eigenvalue weighted by Gasteiger charge is -2.18. The lowest BCUT2D eigenvalue weighted by atomic mass is 9.99. The van der Waals surface area contributed by atoms with Gasteiger partial charge in [0.1, 0.15) is 13.2 Å². The fraction of sp³-hybridized carbons (Fsp3) is 0.417. The third kappa shape index (κ3) is 4.37. The Hall–Kier alpha value is -3.06. The number of Topliss-reactive ketones (excluding diaryl/α,β-unsaturated/α-hetero) is 1. The predicted octanol–water partition coefficient (Wildman–Crippen LogP) is 3.46. The lowest BCUT2D eigenvalue weighted by molar-refractivity contribution is -0.149. The molecule has 7 heteroatoms. The zero-order valence-corrected chi connectivity index (χ0v) is 17.8. The van der Waals surface area contributed by atoms with Gasteiger partial charge in [-0.2, -0.15) is 0 Å². The zero-order valence-electron chi connectivity index (χ0n) is 17.8. The second kappa shape index (κ2) is 9.39. The minimum absolute atomic E-state index is 0.119. The average molecular weight is 426 g/mol. The number of rotatable bonds is 8. The number of fused-ring (bicyclic) bond motifs is 1. The maximum atomic E-state index is 12.1. The molecule has 2 aromatic rings. The van der Waals surface area contributed by atoms with Gasteiger partial charge in [0.15, 0.2) is 17.3 Å². The molecular formula is C24H26O7. The SMILES string of the molecule is COc1ccc(-c2ccc3c(c2)CCC3=O)c(OCCOC(=O)C2CCOC2)c1OC. The normalized spacial score (nSPS) is 17.4. The Morgan fingerprint density at radius 3 is 2.61 bits per heavy atom. The average Bonchev–Trinajstić information content (AvgIpc) is 3.46. The molecule has 31 heavy (non-hydrogen) atoms. The van der Waals surface area contributed by atoms with Crippen LogP contribution in [-0.4, -0.2) is 52.4 Å². The van der Waals surface area contributed by atoms with Crippen LogP contribution in [-0.2, 0) is 20.7 Å². The highest BCUT2D eigenvalue weighted by atomic mass is 16.6. The molecule has 0 radical (unpaired) electrons. The highest BCUT2D eigenvalue weighted by molar-refractivity contribution is 6.01. The van der Waals surface area contributed by atoms with Crippen molar-refractivity contribution in [2.45, 2.75) is 19.3 Å². The molecule has 1 fully saturated rings. The molecular weight excluding hydrogens is 400 g/mol. The number of ketones is 1. The van der Waals surface area contributed by atoms with Crippen molar-refractivity contribution in [3.8, 4) is 28.4 Å². The number of methoxy groups -OCH3 is 2. The largest absolute Gasteiger partial charge is 0.493 e. The quantitative estimate of drug-likeness (QED) is 0.472. The summed E-state index contributed by atoms with van der Waals surface area (Å²) in [6.07, 6.45) is 1.98. The van der Waals surface area contributed by atoms with E-state index in [1.54, 1.807) is 14.2 Å². The van der Waals surface area contributed by atoms with Crippen LogP contribution in [0.15, 0.2) is 30.3 Å². The van der Waals surface area contributed by atoms with Gasteiger partial charge in [0.2, 0.25) is 5.75 Å². The van der Waals surface area contributed by atoms with Gasteiger partial charge in [-0.15, -0.1) is 0 Å². The first kappa shape index (κ1) is 21.2. The van der Waals surface area contributed by atoms with Gasteiger partial charge < -0.3 is 23.7 Å². The Bertz CT molecular complexity index is 976. The number of carbonyl (C=O) groups is 2. The van der Waals surface area contributed by atoms with Crippen LogP contribution in [0.4, 0.5) is 0 Å². The lowest BCUT2D eigenvalue weighted by Crippen LogP contribution is -2.20. The van der Waals surface area contributed by atoms with Crippen molar-refractivity contribution >= 4 is 11.8 Å². The summed E-state index contributed by atoms with van der Waals surface area (Å²) in [5.41, 5.74) is 3.56. The molecule has 1 atom stereocenters. The molecule has 0 bridgehead atoms. The Kier molecular flexibility index (Phi) is 6.42. The first-order chi connectivity index (χ1) is 15.1. The molecule has 1 heterocycles. The summed E-state index contributed by atoms with van der Waals surface area (Å²) in [5, 5.41) is 0. The molecule has 0 aromatic heterocycles. The monoisotopic (exact) mass is 426 g/mol. The Morgan fingerprint density at radius 2 is 1.87 bits per heavy atom. The van der Waals surface area contributed by atoms with Crippen molar-refractivity contribution in [2.75, 3.05) is 40.6 Å². The van der Waals surface area contributed by atoms with E-state index in [1.807, 2.05) is 30.3 Å². The summed E-state index contributed by atoms with van der Waals surface area (Å²) in [7, 11) is 3.11. The second-order valence-electron chi connectivity index (χ2n) is 7.55. The summed E-state index contributed by atoms with van der Waals surface area (Å²) in [6, 6.07) is 9.52. The van der Waals surface area contributed by atoms with Crippen LogP contribution in [0.25, 0.3) is 11.1 Å². The standard InChI is InChI=1S/C24H26O7/c1-27-21-8-6-19(16-3-5-18-15(13-16)4-7-20(18)25)22(23(21)28-2)30-11-12-31-24(26)17-9-10-29-14-17/h3,5-6,8,13,17H,4,7,9-12,14H2,1-2H3. The van der Waals surface area contributed by atoms with E-state index in [4.69, 9.17) is 23.7 Å². The maximum absolute atomic E-state index is 12.1. The Balaban J connectivity index is 1.55. The van der Waals surface area contributed by atoms with Crippen LogP contribution < -0.4 is 14.2 Å². The first-order valence-corrected chi connectivity index (χ1v) is 10.4. The van der Waals surface area contributed by atoms with E-state index in [1.165, 1.54) is 0 Å². The minimum atomic E-state index is -0.262. The molecule has 2 aliphatic rings. The third-order valence-electron chi connectivity index (χ3n) is 5.68. The van der Waals surface area contributed by atoms with Gasteiger partial charge in [0, 0.05) is 24.2 Å². The number of hydrogen-bond donors (Lipinski definition) is 0. The molecule has 1 aliphatic carbocycles. The molecule has 164 valence electrons. The van der Waals surface area contributed by atoms with Gasteiger partial charge >= 0.3 is 5.97 Å². The molecule has 4 rings (SSSR count). The zero-order chi connectivity index (χ0) is 21.8. The van der Waals surface area contributed by atoms with Crippen LogP contribution in [0.5, 0.6) is 17.2 Å². The maximum Gasteiger partial charge on any atom is 0.311 e. The van der Waals surface area contributed by atoms with Crippen LogP contribution in [0.1, 0.15) is 28.8 Å². The van der Waals surface area contributed by atoms with E-state index in [9.17, 15) is 9.59 Å². The van der Waals surface area contributed by atoms with E-state index in [-0.39, 0.29) is 30.9 Å². The first-order valence-electron chi connectivity index (χ1n) is 10.4. The number of aryl methyl sites for hydroxylation is 1. The number of esters is 1. The summed E-state index contributed by atoms with van der Waals surface area (Å²) in [4.78, 5) is 24.1. The van der Waals surface area contributed by atoms with Gasteiger partial charge in [-0.1, -0.05) is 18.2 Å². The molecule has 0 spiro atoms. The molecule has 0 N–H and O–H groups in total. The van der Waals surface area contributed by atoms with Crippen molar-refractivity contribution in [3.63, 3.8) is 0 Å². The highest BCUT2D eigenvalue weighted by Crippen LogP contribution is 2.45. The minimum Gasteiger partial charge on any atom is -0.493 e. The van der Waals surface area contributed by atoms with E-state index in [2.05, 4.69) is 0 Å². The summed E-state index contributed by atoms with van der Waals surface area (Å²) in [5.74, 6) is 1.23. The summed E-state index contributed by atoms with van der Waals surface area (Å²) >= 11 is 0. The van der Waals surface area contributed by atoms with E-state index < -0.39 is 0 Å². The molecule has 0 saturated carbocycles. The van der Waals surface area contributed by atoms with E-state index in [0.29, 0.717) is 43.3 Å². The molecule has 7 nitrogen and oxygen atoms in total. The number of benzene rings is 2. The third-order valence-corrected chi connectivity index (χ3v) is 5.68. The van der Waals surface area contributed by atoms with Gasteiger partial charge in [-0.25, -0.2) is 0 Å². The molecule has 1 unspecified atom stereocenters. The fourth-order valence-electron chi connectivity index (χ4n) is 4.02. The summed E-state index contributed by atoms with van der Waals surface area (Å²) in [6.45, 7) is 1.29. The van der Waals surface area contributed by atoms with Gasteiger partial charge in [-0.3, -0.25) is 9.59 Å². The van der Waals surface area contributed by atoms with Crippen molar-refractivity contribution in [1.29, 1.82) is 0 Å². The topological polar surface area (TPSA) is 80.3 Å². The Morgan fingerprint density at radius 1 is 1.03 bits per heavy atom. The molecule has 1 aliphatic heterocycles.